The molecule has 2 bridgehead atoms. The van der Waals surface area contributed by atoms with Gasteiger partial charge in [-0.25, -0.2) is 9.97 Å². The van der Waals surface area contributed by atoms with Gasteiger partial charge in [0, 0.05) is 30.9 Å². The number of hydrogen-bond acceptors (Lipinski definition) is 4. The quantitative estimate of drug-likeness (QED) is 0.899. The molecule has 6 nitrogen and oxygen atoms in total. The fourth-order valence-electron chi connectivity index (χ4n) is 3.59. The Morgan fingerprint density at radius 2 is 1.80 bits per heavy atom. The Hall–Kier alpha value is -1.98. The number of carboxylic acids is 1. The van der Waals surface area contributed by atoms with Gasteiger partial charge in [0.1, 0.15) is 6.33 Å². The van der Waals surface area contributed by atoms with Crippen molar-refractivity contribution >= 4 is 11.9 Å². The normalized spacial score (nSPS) is 28.4. The third kappa shape index (κ3) is 2.37. The van der Waals surface area contributed by atoms with E-state index in [4.69, 9.17) is 5.11 Å². The fourth-order valence-corrected chi connectivity index (χ4v) is 3.59. The minimum Gasteiger partial charge on any atom is -0.481 e. The molecule has 20 heavy (non-hydrogen) atoms. The molecule has 2 saturated heterocycles. The predicted molar refractivity (Wildman–Crippen MR) is 70.0 cm³/mol. The summed E-state index contributed by atoms with van der Waals surface area (Å²) in [4.78, 5) is 33.1. The molecule has 106 valence electrons. The predicted octanol–water partition coefficient (Wildman–Crippen LogP) is 1.33. The Kier molecular flexibility index (Phi) is 3.38. The van der Waals surface area contributed by atoms with Crippen LogP contribution in [-0.4, -0.2) is 43.9 Å². The lowest BCUT2D eigenvalue weighted by Crippen LogP contribution is -2.46. The molecule has 2 fully saturated rings. The van der Waals surface area contributed by atoms with Crippen molar-refractivity contribution in [3.63, 3.8) is 0 Å². The van der Waals surface area contributed by atoms with Gasteiger partial charge in [-0.15, -0.1) is 0 Å². The molecule has 2 aliphatic rings. The topological polar surface area (TPSA) is 83.4 Å². The van der Waals surface area contributed by atoms with Gasteiger partial charge in [0.25, 0.3) is 5.91 Å². The third-order valence-electron chi connectivity index (χ3n) is 4.34. The maximum Gasteiger partial charge on any atom is 0.303 e. The zero-order valence-electron chi connectivity index (χ0n) is 11.1. The maximum absolute atomic E-state index is 12.5. The summed E-state index contributed by atoms with van der Waals surface area (Å²) in [5, 5.41) is 8.91. The minimum absolute atomic E-state index is 0.0214. The number of fused-ring (bicyclic) bond motifs is 2. The number of carboxylic acid groups (broad SMARTS) is 1. The first-order valence-electron chi connectivity index (χ1n) is 6.94. The zero-order chi connectivity index (χ0) is 14.1. The van der Waals surface area contributed by atoms with Crippen molar-refractivity contribution < 1.29 is 14.7 Å². The first-order chi connectivity index (χ1) is 9.65. The lowest BCUT2D eigenvalue weighted by molar-refractivity contribution is -0.138. The molecule has 3 heterocycles. The van der Waals surface area contributed by atoms with E-state index < -0.39 is 5.97 Å². The molecule has 3 rings (SSSR count). The number of carbonyl (C=O) groups excluding carboxylic acids is 1. The van der Waals surface area contributed by atoms with E-state index in [0.29, 0.717) is 5.56 Å². The SMILES string of the molecule is O=C(O)CC1CC2CCC(C1)N2C(=O)c1cncnc1. The summed E-state index contributed by atoms with van der Waals surface area (Å²) in [7, 11) is 0. The van der Waals surface area contributed by atoms with E-state index in [1.165, 1.54) is 18.7 Å². The average Bonchev–Trinajstić information content (AvgIpc) is 2.70. The van der Waals surface area contributed by atoms with Crippen LogP contribution in [0, 0.1) is 5.92 Å². The highest BCUT2D eigenvalue weighted by Crippen LogP contribution is 2.40. The first kappa shape index (κ1) is 13.0. The lowest BCUT2D eigenvalue weighted by atomic mass is 9.88. The van der Waals surface area contributed by atoms with Crippen molar-refractivity contribution in [3.05, 3.63) is 24.3 Å². The van der Waals surface area contributed by atoms with Crippen LogP contribution in [0.1, 0.15) is 42.5 Å². The molecule has 6 heteroatoms. The third-order valence-corrected chi connectivity index (χ3v) is 4.34. The van der Waals surface area contributed by atoms with Crippen molar-refractivity contribution in [1.82, 2.24) is 14.9 Å². The molecule has 0 radical (unpaired) electrons. The summed E-state index contributed by atoms with van der Waals surface area (Å²) in [5.41, 5.74) is 0.515. The largest absolute Gasteiger partial charge is 0.481 e. The van der Waals surface area contributed by atoms with Crippen molar-refractivity contribution in [2.24, 2.45) is 5.92 Å². The Labute approximate surface area is 116 Å². The molecular formula is C14H17N3O3. The van der Waals surface area contributed by atoms with Gasteiger partial charge in [-0.05, 0) is 31.6 Å². The van der Waals surface area contributed by atoms with E-state index in [9.17, 15) is 9.59 Å². The number of piperidine rings is 1. The Bertz CT molecular complexity index is 506. The van der Waals surface area contributed by atoms with Gasteiger partial charge in [0.05, 0.1) is 5.56 Å². The van der Waals surface area contributed by atoms with Crippen LogP contribution in [0.5, 0.6) is 0 Å². The van der Waals surface area contributed by atoms with E-state index >= 15 is 0 Å². The van der Waals surface area contributed by atoms with E-state index in [2.05, 4.69) is 9.97 Å². The van der Waals surface area contributed by atoms with Crippen LogP contribution in [0.15, 0.2) is 18.7 Å². The van der Waals surface area contributed by atoms with Crippen LogP contribution >= 0.6 is 0 Å². The van der Waals surface area contributed by atoms with Crippen LogP contribution in [0.3, 0.4) is 0 Å². The van der Waals surface area contributed by atoms with Gasteiger partial charge in [-0.1, -0.05) is 0 Å². The van der Waals surface area contributed by atoms with Gasteiger partial charge in [0.2, 0.25) is 0 Å². The molecule has 2 aliphatic heterocycles. The highest BCUT2D eigenvalue weighted by molar-refractivity contribution is 5.94. The summed E-state index contributed by atoms with van der Waals surface area (Å²) in [5.74, 6) is -0.571. The smallest absolute Gasteiger partial charge is 0.303 e. The van der Waals surface area contributed by atoms with Gasteiger partial charge in [0.15, 0.2) is 0 Å². The molecule has 0 saturated carbocycles. The van der Waals surface area contributed by atoms with E-state index in [1.807, 2.05) is 4.90 Å². The average molecular weight is 275 g/mol. The van der Waals surface area contributed by atoms with Crippen LogP contribution in [0.25, 0.3) is 0 Å². The first-order valence-corrected chi connectivity index (χ1v) is 6.94. The lowest BCUT2D eigenvalue weighted by Gasteiger charge is -2.38. The number of rotatable bonds is 3. The second-order valence-electron chi connectivity index (χ2n) is 5.66. The monoisotopic (exact) mass is 275 g/mol. The van der Waals surface area contributed by atoms with Crippen molar-refractivity contribution in [1.29, 1.82) is 0 Å². The summed E-state index contributed by atoms with van der Waals surface area (Å²) < 4.78 is 0. The number of nitrogens with zero attached hydrogens (tertiary/aromatic N) is 3. The van der Waals surface area contributed by atoms with Crippen LogP contribution < -0.4 is 0 Å². The van der Waals surface area contributed by atoms with Gasteiger partial charge < -0.3 is 10.0 Å². The molecule has 1 aromatic rings. The highest BCUT2D eigenvalue weighted by atomic mass is 16.4. The maximum atomic E-state index is 12.5. The highest BCUT2D eigenvalue weighted by Gasteiger charge is 2.43. The Morgan fingerprint density at radius 3 is 2.35 bits per heavy atom. The number of aliphatic carboxylic acids is 1. The zero-order valence-corrected chi connectivity index (χ0v) is 11.1. The second-order valence-corrected chi connectivity index (χ2v) is 5.66. The molecule has 0 spiro atoms. The summed E-state index contributed by atoms with van der Waals surface area (Å²) in [6.07, 6.45) is 8.23. The van der Waals surface area contributed by atoms with Crippen molar-refractivity contribution in [2.45, 2.75) is 44.2 Å². The number of hydrogen-bond donors (Lipinski definition) is 1. The molecule has 1 aromatic heterocycles. The van der Waals surface area contributed by atoms with Crippen LogP contribution in [0.4, 0.5) is 0 Å². The number of aromatic nitrogens is 2. The summed E-state index contributed by atoms with van der Waals surface area (Å²) in [6, 6.07) is 0.344. The molecule has 0 aromatic carbocycles. The Balaban J connectivity index is 1.74. The molecule has 2 atom stereocenters. The van der Waals surface area contributed by atoms with Crippen LogP contribution in [0.2, 0.25) is 0 Å². The fraction of sp³-hybridized carbons (Fsp3) is 0.571. The minimum atomic E-state index is -0.745. The van der Waals surface area contributed by atoms with E-state index in [-0.39, 0.29) is 30.3 Å². The van der Waals surface area contributed by atoms with Gasteiger partial charge in [-0.2, -0.15) is 0 Å². The molecule has 1 N–H and O–H groups in total. The second kappa shape index (κ2) is 5.19. The van der Waals surface area contributed by atoms with Crippen LogP contribution in [-0.2, 0) is 4.79 Å². The molecule has 1 amide bonds. The molecule has 2 unspecified atom stereocenters. The number of amides is 1. The number of carbonyl (C=O) groups is 2. The van der Waals surface area contributed by atoms with Gasteiger partial charge in [-0.3, -0.25) is 9.59 Å². The summed E-state index contributed by atoms with van der Waals surface area (Å²) in [6.45, 7) is 0. The van der Waals surface area contributed by atoms with Crippen molar-refractivity contribution in [3.8, 4) is 0 Å². The molecule has 0 aliphatic carbocycles. The van der Waals surface area contributed by atoms with Gasteiger partial charge >= 0.3 is 5.97 Å². The van der Waals surface area contributed by atoms with E-state index in [0.717, 1.165) is 25.7 Å². The standard InChI is InChI=1S/C14H17N3O3/c18-13(19)5-9-3-11-1-2-12(4-9)17(11)14(20)10-6-15-8-16-7-10/h6-9,11-12H,1-5H2,(H,18,19). The van der Waals surface area contributed by atoms with Crippen molar-refractivity contribution in [2.75, 3.05) is 0 Å². The van der Waals surface area contributed by atoms with E-state index in [1.54, 1.807) is 0 Å². The molecular weight excluding hydrogens is 258 g/mol. The Morgan fingerprint density at radius 1 is 1.20 bits per heavy atom. The summed E-state index contributed by atoms with van der Waals surface area (Å²) >= 11 is 0.